The first-order valence-electron chi connectivity index (χ1n) is 17.1. The lowest BCUT2D eigenvalue weighted by Gasteiger charge is -2.30. The summed E-state index contributed by atoms with van der Waals surface area (Å²) in [4.78, 5) is 12.9. The molecule has 4 rings (SSSR count). The predicted octanol–water partition coefficient (Wildman–Crippen LogP) is 8.29. The smallest absolute Gasteiger partial charge is 0.459 e. The van der Waals surface area contributed by atoms with Gasteiger partial charge in [0.15, 0.2) is 0 Å². The number of unbranched alkanes of at least 4 members (excludes halogenated alkanes) is 5. The first-order chi connectivity index (χ1) is 23.2. The second-order valence-electron chi connectivity index (χ2n) is 12.6. The Hall–Kier alpha value is -3.52. The maximum absolute atomic E-state index is 14.3. The fraction of sp³-hybridized carbons (Fsp3) is 0.410. The zero-order valence-corrected chi connectivity index (χ0v) is 29.2. The van der Waals surface area contributed by atoms with Crippen molar-refractivity contribution in [3.05, 3.63) is 114 Å². The number of benzene rings is 4. The highest BCUT2D eigenvalue weighted by molar-refractivity contribution is 7.52. The van der Waals surface area contributed by atoms with Crippen LogP contribution in [0.3, 0.4) is 0 Å². The molecule has 4 aromatic rings. The summed E-state index contributed by atoms with van der Waals surface area (Å²) in [5.74, 6) is -0.299. The van der Waals surface area contributed by atoms with Crippen LogP contribution in [0.5, 0.6) is 5.75 Å². The highest BCUT2D eigenvalue weighted by atomic mass is 31.2. The lowest BCUT2D eigenvalue weighted by molar-refractivity contribution is -0.146. The maximum Gasteiger partial charge on any atom is 0.459 e. The van der Waals surface area contributed by atoms with Crippen molar-refractivity contribution in [2.24, 2.45) is 5.73 Å². The fourth-order valence-corrected chi connectivity index (χ4v) is 7.03. The Morgan fingerprint density at radius 1 is 0.833 bits per heavy atom. The monoisotopic (exact) mass is 674 g/mol. The molecule has 0 fully saturated rings. The van der Waals surface area contributed by atoms with Crippen molar-refractivity contribution in [2.75, 3.05) is 13.2 Å². The van der Waals surface area contributed by atoms with Crippen molar-refractivity contribution < 1.29 is 28.3 Å². The molecule has 0 aliphatic heterocycles. The van der Waals surface area contributed by atoms with E-state index in [1.54, 1.807) is 12.1 Å². The summed E-state index contributed by atoms with van der Waals surface area (Å²) >= 11 is 0. The number of ether oxygens (including phenoxy) is 1. The number of nitrogens with one attached hydrogen (secondary N) is 1. The predicted molar refractivity (Wildman–Crippen MR) is 193 cm³/mol. The van der Waals surface area contributed by atoms with Gasteiger partial charge in [0.25, 0.3) is 0 Å². The summed E-state index contributed by atoms with van der Waals surface area (Å²) in [5.41, 5.74) is 8.63. The Kier molecular flexibility index (Phi) is 14.7. The molecule has 0 spiro atoms. The summed E-state index contributed by atoms with van der Waals surface area (Å²) in [5, 5.41) is 14.7. The molecule has 0 bridgehead atoms. The van der Waals surface area contributed by atoms with E-state index in [1.165, 1.54) is 51.0 Å². The zero-order chi connectivity index (χ0) is 34.2. The third kappa shape index (κ3) is 11.9. The van der Waals surface area contributed by atoms with Gasteiger partial charge >= 0.3 is 13.7 Å². The van der Waals surface area contributed by atoms with Gasteiger partial charge in [0.1, 0.15) is 18.4 Å². The van der Waals surface area contributed by atoms with Gasteiger partial charge < -0.3 is 20.1 Å². The van der Waals surface area contributed by atoms with Gasteiger partial charge in [-0.2, -0.15) is 5.09 Å². The van der Waals surface area contributed by atoms with E-state index in [0.717, 1.165) is 28.3 Å². The average Bonchev–Trinajstić information content (AvgIpc) is 3.11. The third-order valence-electron chi connectivity index (χ3n) is 8.49. The van der Waals surface area contributed by atoms with E-state index in [0.29, 0.717) is 18.6 Å². The maximum atomic E-state index is 14.3. The van der Waals surface area contributed by atoms with Gasteiger partial charge in [0, 0.05) is 5.39 Å². The van der Waals surface area contributed by atoms with Crippen LogP contribution < -0.4 is 15.3 Å². The molecular weight excluding hydrogens is 623 g/mol. The van der Waals surface area contributed by atoms with Crippen LogP contribution in [-0.2, 0) is 38.1 Å². The molecule has 8 nitrogen and oxygen atoms in total. The van der Waals surface area contributed by atoms with Gasteiger partial charge in [-0.05, 0) is 60.7 Å². The number of carbonyl (C=O) groups excluding carboxylic acids is 1. The molecule has 0 radical (unpaired) electrons. The van der Waals surface area contributed by atoms with Crippen LogP contribution >= 0.6 is 7.75 Å². The summed E-state index contributed by atoms with van der Waals surface area (Å²) in [7, 11) is -4.23. The lowest BCUT2D eigenvalue weighted by atomic mass is 9.93. The molecule has 4 N–H and O–H groups in total. The quantitative estimate of drug-likeness (QED) is 0.0459. The van der Waals surface area contributed by atoms with Crippen LogP contribution in [0.25, 0.3) is 10.8 Å². The second-order valence-corrected chi connectivity index (χ2v) is 14.3. The first kappa shape index (κ1) is 37.3. The van der Waals surface area contributed by atoms with Gasteiger partial charge in [-0.25, -0.2) is 4.57 Å². The topological polar surface area (TPSA) is 120 Å². The molecule has 0 heterocycles. The molecule has 0 amide bonds. The van der Waals surface area contributed by atoms with Crippen LogP contribution in [0.2, 0.25) is 0 Å². The summed E-state index contributed by atoms with van der Waals surface area (Å²) in [6, 6.07) is 29.7. The highest BCUT2D eigenvalue weighted by Gasteiger charge is 2.36. The molecule has 2 unspecified atom stereocenters. The van der Waals surface area contributed by atoms with E-state index < -0.39 is 31.9 Å². The summed E-state index contributed by atoms with van der Waals surface area (Å²) in [6.07, 6.45) is 9.66. The van der Waals surface area contributed by atoms with Crippen LogP contribution in [0.15, 0.2) is 97.1 Å². The second kappa shape index (κ2) is 18.9. The number of aliphatic hydroxyl groups excluding tert-OH is 1. The normalized spacial score (nSPS) is 14.6. The number of rotatable bonds is 21. The lowest BCUT2D eigenvalue weighted by Crippen LogP contribution is -2.49. The van der Waals surface area contributed by atoms with Crippen LogP contribution in [-0.4, -0.2) is 35.9 Å². The Balaban J connectivity index is 1.40. The van der Waals surface area contributed by atoms with E-state index in [2.05, 4.69) is 36.3 Å². The molecule has 0 saturated carbocycles. The summed E-state index contributed by atoms with van der Waals surface area (Å²) in [6.45, 7) is 3.16. The Morgan fingerprint density at radius 2 is 1.48 bits per heavy atom. The van der Waals surface area contributed by atoms with Gasteiger partial charge in [-0.1, -0.05) is 130 Å². The van der Waals surface area contributed by atoms with E-state index in [1.807, 2.05) is 60.7 Å². The largest absolute Gasteiger partial charge is 0.460 e. The minimum absolute atomic E-state index is 0.0669. The molecular formula is C39H51N2O6P. The number of hydrogen-bond donors (Lipinski definition) is 3. The van der Waals surface area contributed by atoms with Crippen molar-refractivity contribution in [3.63, 3.8) is 0 Å². The molecule has 0 aliphatic rings. The Morgan fingerprint density at radius 3 is 2.21 bits per heavy atom. The number of esters is 1. The van der Waals surface area contributed by atoms with Gasteiger partial charge in [-0.15, -0.1) is 0 Å². The molecule has 0 saturated heterocycles. The van der Waals surface area contributed by atoms with Crippen LogP contribution in [0.1, 0.15) is 75.5 Å². The number of aryl methyl sites for hydroxylation is 2. The van der Waals surface area contributed by atoms with Gasteiger partial charge in [-0.3, -0.25) is 9.32 Å². The van der Waals surface area contributed by atoms with Gasteiger partial charge in [0.2, 0.25) is 0 Å². The first-order valence-corrected chi connectivity index (χ1v) is 18.6. The molecule has 4 aromatic carbocycles. The molecule has 3 atom stereocenters. The number of nitrogens with two attached hydrogens (primary N) is 1. The van der Waals surface area contributed by atoms with Crippen molar-refractivity contribution in [3.8, 4) is 5.75 Å². The van der Waals surface area contributed by atoms with Crippen LogP contribution in [0.4, 0.5) is 0 Å². The van der Waals surface area contributed by atoms with E-state index in [-0.39, 0.29) is 13.2 Å². The minimum atomic E-state index is -4.23. The molecule has 0 aliphatic carbocycles. The van der Waals surface area contributed by atoms with Crippen molar-refractivity contribution in [2.45, 2.75) is 89.8 Å². The summed E-state index contributed by atoms with van der Waals surface area (Å²) < 4.78 is 31.8. The highest BCUT2D eigenvalue weighted by Crippen LogP contribution is 2.47. The van der Waals surface area contributed by atoms with Crippen molar-refractivity contribution >= 4 is 24.5 Å². The molecule has 258 valence electrons. The number of hydrogen-bond acceptors (Lipinski definition) is 7. The molecule has 0 aromatic heterocycles. The number of fused-ring (bicyclic) bond motifs is 1. The van der Waals surface area contributed by atoms with E-state index in [9.17, 15) is 14.5 Å². The molecule has 9 heteroatoms. The fourth-order valence-electron chi connectivity index (χ4n) is 5.42. The number of aliphatic hydroxyl groups is 1. The van der Waals surface area contributed by atoms with E-state index >= 15 is 0 Å². The van der Waals surface area contributed by atoms with Gasteiger partial charge in [0.05, 0.1) is 18.8 Å². The minimum Gasteiger partial charge on any atom is -0.460 e. The standard InChI is InChI=1S/C39H51N2O6P/c1-3-4-5-6-7-9-15-32-22-24-33(25-23-32)26-27-39(40,29-42)30-46-48(44,47-37-21-14-19-35-18-12-13-20-36(35)37)41-31(2)38(43)45-28-34-16-10-8-11-17-34/h8,10-14,16-25,31,42H,3-7,9,15,26-30,40H2,1-2H3,(H,41,44)/t31-,39?,48?/m1/s1. The average molecular weight is 675 g/mol. The number of carbonyl (C=O) groups is 1. The Bertz CT molecular complexity index is 1590. The SMILES string of the molecule is CCCCCCCCc1ccc(CCC(N)(CO)COP(=O)(N[C@H](C)C(=O)OCc2ccccc2)Oc2cccc3ccccc23)cc1. The Labute approximate surface area is 285 Å². The zero-order valence-electron chi connectivity index (χ0n) is 28.3. The van der Waals surface area contributed by atoms with Crippen molar-refractivity contribution in [1.82, 2.24) is 5.09 Å². The van der Waals surface area contributed by atoms with Crippen LogP contribution in [0, 0.1) is 0 Å². The third-order valence-corrected chi connectivity index (χ3v) is 10.1. The van der Waals surface area contributed by atoms with E-state index in [4.69, 9.17) is 19.5 Å². The van der Waals surface area contributed by atoms with Crippen molar-refractivity contribution in [1.29, 1.82) is 0 Å². The molecule has 48 heavy (non-hydrogen) atoms.